The molecule has 1 aromatic carbocycles. The minimum absolute atomic E-state index is 0.0769. The number of aromatic nitrogens is 2. The van der Waals surface area contributed by atoms with Gasteiger partial charge in [0, 0.05) is 31.2 Å². The molecule has 2 rings (SSSR count). The Kier molecular flexibility index (Phi) is 4.39. The smallest absolute Gasteiger partial charge is 0.0753 e. The van der Waals surface area contributed by atoms with Gasteiger partial charge in [0.1, 0.15) is 0 Å². The molecule has 0 spiro atoms. The van der Waals surface area contributed by atoms with E-state index in [1.54, 1.807) is 18.6 Å². The zero-order chi connectivity index (χ0) is 12.8. The molecule has 1 aromatic heterocycles. The van der Waals surface area contributed by atoms with E-state index in [1.165, 1.54) is 0 Å². The Hall–Kier alpha value is -1.78. The summed E-state index contributed by atoms with van der Waals surface area (Å²) in [5.74, 6) is 0. The first-order valence-electron chi connectivity index (χ1n) is 5.97. The molecule has 0 aliphatic rings. The van der Waals surface area contributed by atoms with Crippen molar-refractivity contribution in [2.45, 2.75) is 26.1 Å². The third kappa shape index (κ3) is 3.35. The van der Waals surface area contributed by atoms with Crippen molar-refractivity contribution in [1.29, 1.82) is 0 Å². The lowest BCUT2D eigenvalue weighted by molar-refractivity contribution is 0.281. The zero-order valence-corrected chi connectivity index (χ0v) is 10.4. The third-order valence-electron chi connectivity index (χ3n) is 2.81. The van der Waals surface area contributed by atoms with E-state index in [9.17, 15) is 0 Å². The van der Waals surface area contributed by atoms with Gasteiger partial charge in [0.05, 0.1) is 12.3 Å². The first-order chi connectivity index (χ1) is 8.79. The van der Waals surface area contributed by atoms with Crippen molar-refractivity contribution in [3.05, 3.63) is 59.7 Å². The second-order valence-electron chi connectivity index (χ2n) is 4.21. The summed E-state index contributed by atoms with van der Waals surface area (Å²) in [6.07, 6.45) is 5.13. The summed E-state index contributed by atoms with van der Waals surface area (Å²) in [6.45, 7) is 2.87. The quantitative estimate of drug-likeness (QED) is 0.841. The van der Waals surface area contributed by atoms with Gasteiger partial charge >= 0.3 is 0 Å². The molecule has 4 nitrogen and oxygen atoms in total. The fourth-order valence-corrected chi connectivity index (χ4v) is 1.75. The summed E-state index contributed by atoms with van der Waals surface area (Å²) >= 11 is 0. The molecule has 0 saturated carbocycles. The standard InChI is InChI=1S/C14H17N3O/c1-11(14-9-15-5-6-16-14)17-8-12-3-2-4-13(7-12)10-18/h2-7,9,11,17-18H,8,10H2,1H3. The van der Waals surface area contributed by atoms with E-state index in [0.29, 0.717) is 0 Å². The van der Waals surface area contributed by atoms with Crippen LogP contribution in [0.1, 0.15) is 29.8 Å². The van der Waals surface area contributed by atoms with Crippen LogP contribution in [0.25, 0.3) is 0 Å². The summed E-state index contributed by atoms with van der Waals surface area (Å²) in [5.41, 5.74) is 3.01. The summed E-state index contributed by atoms with van der Waals surface area (Å²) in [6, 6.07) is 8.05. The number of rotatable bonds is 5. The SMILES string of the molecule is CC(NCc1cccc(CO)c1)c1cnccn1. The third-order valence-corrected chi connectivity index (χ3v) is 2.81. The lowest BCUT2D eigenvalue weighted by atomic mass is 10.1. The summed E-state index contributed by atoms with van der Waals surface area (Å²) in [5, 5.41) is 12.5. The van der Waals surface area contributed by atoms with Crippen LogP contribution in [-0.4, -0.2) is 15.1 Å². The van der Waals surface area contributed by atoms with Crippen molar-refractivity contribution in [3.63, 3.8) is 0 Å². The highest BCUT2D eigenvalue weighted by molar-refractivity contribution is 5.22. The Morgan fingerprint density at radius 1 is 1.28 bits per heavy atom. The fourth-order valence-electron chi connectivity index (χ4n) is 1.75. The zero-order valence-electron chi connectivity index (χ0n) is 10.4. The molecule has 94 valence electrons. The van der Waals surface area contributed by atoms with E-state index in [4.69, 9.17) is 5.11 Å². The molecule has 1 unspecified atom stereocenters. The molecule has 1 atom stereocenters. The molecule has 1 heterocycles. The maximum absolute atomic E-state index is 9.08. The number of benzene rings is 1. The van der Waals surface area contributed by atoms with Crippen LogP contribution in [-0.2, 0) is 13.2 Å². The molecule has 0 fully saturated rings. The summed E-state index contributed by atoms with van der Waals surface area (Å²) in [4.78, 5) is 8.31. The molecule has 0 amide bonds. The normalized spacial score (nSPS) is 12.3. The van der Waals surface area contributed by atoms with Crippen molar-refractivity contribution in [2.24, 2.45) is 0 Å². The summed E-state index contributed by atoms with van der Waals surface area (Å²) < 4.78 is 0. The molecule has 2 aromatic rings. The Morgan fingerprint density at radius 2 is 2.11 bits per heavy atom. The molecule has 0 aliphatic carbocycles. The molecule has 0 aliphatic heterocycles. The Bertz CT molecular complexity index is 487. The summed E-state index contributed by atoms with van der Waals surface area (Å²) in [7, 11) is 0. The van der Waals surface area contributed by atoms with Gasteiger partial charge < -0.3 is 10.4 Å². The van der Waals surface area contributed by atoms with Crippen molar-refractivity contribution >= 4 is 0 Å². The topological polar surface area (TPSA) is 58.0 Å². The lowest BCUT2D eigenvalue weighted by Gasteiger charge is -2.13. The molecule has 4 heteroatoms. The number of aliphatic hydroxyl groups excluding tert-OH is 1. The highest BCUT2D eigenvalue weighted by Crippen LogP contribution is 2.10. The van der Waals surface area contributed by atoms with Gasteiger partial charge in [0.2, 0.25) is 0 Å². The van der Waals surface area contributed by atoms with Gasteiger partial charge in [-0.1, -0.05) is 24.3 Å². The molecule has 18 heavy (non-hydrogen) atoms. The second-order valence-corrected chi connectivity index (χ2v) is 4.21. The molecule has 0 bridgehead atoms. The van der Waals surface area contributed by atoms with Crippen LogP contribution >= 0.6 is 0 Å². The number of aliphatic hydroxyl groups is 1. The van der Waals surface area contributed by atoms with Gasteiger partial charge in [-0.05, 0) is 18.1 Å². The molecule has 2 N–H and O–H groups in total. The largest absolute Gasteiger partial charge is 0.392 e. The first-order valence-corrected chi connectivity index (χ1v) is 5.97. The Morgan fingerprint density at radius 3 is 2.83 bits per heavy atom. The van der Waals surface area contributed by atoms with E-state index in [0.717, 1.165) is 23.4 Å². The average molecular weight is 243 g/mol. The van der Waals surface area contributed by atoms with Gasteiger partial charge in [-0.15, -0.1) is 0 Å². The minimum atomic E-state index is 0.0769. The monoisotopic (exact) mass is 243 g/mol. The van der Waals surface area contributed by atoms with E-state index >= 15 is 0 Å². The van der Waals surface area contributed by atoms with E-state index in [2.05, 4.69) is 22.2 Å². The fraction of sp³-hybridized carbons (Fsp3) is 0.286. The number of hydrogen-bond acceptors (Lipinski definition) is 4. The maximum atomic E-state index is 9.08. The molecule has 0 radical (unpaired) electrons. The van der Waals surface area contributed by atoms with Crippen molar-refractivity contribution in [2.75, 3.05) is 0 Å². The van der Waals surface area contributed by atoms with Crippen LogP contribution in [0, 0.1) is 0 Å². The maximum Gasteiger partial charge on any atom is 0.0753 e. The first kappa shape index (κ1) is 12.7. The van der Waals surface area contributed by atoms with Crippen LogP contribution in [0.4, 0.5) is 0 Å². The van der Waals surface area contributed by atoms with Crippen molar-refractivity contribution in [1.82, 2.24) is 15.3 Å². The van der Waals surface area contributed by atoms with Crippen LogP contribution < -0.4 is 5.32 Å². The van der Waals surface area contributed by atoms with E-state index in [1.807, 2.05) is 24.3 Å². The minimum Gasteiger partial charge on any atom is -0.392 e. The predicted octanol–water partition coefficient (Wildman–Crippen LogP) is 1.82. The van der Waals surface area contributed by atoms with Crippen molar-refractivity contribution < 1.29 is 5.11 Å². The molecule has 0 saturated heterocycles. The Labute approximate surface area is 107 Å². The number of hydrogen-bond donors (Lipinski definition) is 2. The van der Waals surface area contributed by atoms with Gasteiger partial charge in [-0.2, -0.15) is 0 Å². The highest BCUT2D eigenvalue weighted by Gasteiger charge is 2.05. The van der Waals surface area contributed by atoms with Gasteiger partial charge in [0.25, 0.3) is 0 Å². The average Bonchev–Trinajstić information content (AvgIpc) is 2.46. The van der Waals surface area contributed by atoms with Gasteiger partial charge in [0.15, 0.2) is 0 Å². The predicted molar refractivity (Wildman–Crippen MR) is 69.7 cm³/mol. The van der Waals surface area contributed by atoms with Crippen LogP contribution in [0.3, 0.4) is 0 Å². The van der Waals surface area contributed by atoms with Crippen molar-refractivity contribution in [3.8, 4) is 0 Å². The Balaban J connectivity index is 1.95. The van der Waals surface area contributed by atoms with Gasteiger partial charge in [-0.25, -0.2) is 0 Å². The van der Waals surface area contributed by atoms with E-state index < -0.39 is 0 Å². The second kappa shape index (κ2) is 6.23. The van der Waals surface area contributed by atoms with Crippen LogP contribution in [0.2, 0.25) is 0 Å². The molecular weight excluding hydrogens is 226 g/mol. The van der Waals surface area contributed by atoms with Crippen LogP contribution in [0.5, 0.6) is 0 Å². The van der Waals surface area contributed by atoms with Gasteiger partial charge in [-0.3, -0.25) is 9.97 Å². The van der Waals surface area contributed by atoms with E-state index in [-0.39, 0.29) is 12.6 Å². The van der Waals surface area contributed by atoms with Crippen LogP contribution in [0.15, 0.2) is 42.9 Å². The number of nitrogens with zero attached hydrogens (tertiary/aromatic N) is 2. The number of nitrogens with one attached hydrogen (secondary N) is 1. The molecular formula is C14H17N3O. The highest BCUT2D eigenvalue weighted by atomic mass is 16.3. The lowest BCUT2D eigenvalue weighted by Crippen LogP contribution is -2.19.